The molecule has 0 saturated carbocycles. The van der Waals surface area contributed by atoms with Gasteiger partial charge >= 0.3 is 0 Å². The average Bonchev–Trinajstić information content (AvgIpc) is 3.19. The maximum atomic E-state index is 12.9. The highest BCUT2D eigenvalue weighted by Gasteiger charge is 2.14. The fraction of sp³-hybridized carbons (Fsp3) is 0.312. The fourth-order valence-electron chi connectivity index (χ4n) is 2.08. The summed E-state index contributed by atoms with van der Waals surface area (Å²) in [5.41, 5.74) is 1.02. The zero-order chi connectivity index (χ0) is 16.2. The highest BCUT2D eigenvalue weighted by molar-refractivity contribution is 7.15. The summed E-state index contributed by atoms with van der Waals surface area (Å²) < 4.78 is 18.2. The second-order valence-electron chi connectivity index (χ2n) is 5.33. The van der Waals surface area contributed by atoms with Crippen LogP contribution in [0, 0.1) is 5.82 Å². The van der Waals surface area contributed by atoms with Crippen molar-refractivity contribution in [1.82, 2.24) is 20.4 Å². The molecule has 1 aromatic carbocycles. The summed E-state index contributed by atoms with van der Waals surface area (Å²) in [6.07, 6.45) is 3.10. The number of halogens is 2. The number of likely N-dealkylation sites (N-methyl/N-ethyl adjacent to an activating group) is 1. The van der Waals surface area contributed by atoms with Gasteiger partial charge in [-0.1, -0.05) is 17.3 Å². The Morgan fingerprint density at radius 1 is 1.29 bits per heavy atom. The number of aromatic nitrogens is 3. The molecule has 0 aliphatic heterocycles. The van der Waals surface area contributed by atoms with Crippen LogP contribution >= 0.6 is 23.7 Å². The SMILES string of the molecule is CNC(C)Cc1noc(-c2cnc(Cc3ccc(F)cc3)s2)n1.Cl. The molecule has 5 nitrogen and oxygen atoms in total. The van der Waals surface area contributed by atoms with E-state index in [1.165, 1.54) is 23.5 Å². The Hall–Kier alpha value is -1.83. The molecule has 1 atom stereocenters. The molecule has 0 radical (unpaired) electrons. The van der Waals surface area contributed by atoms with Crippen LogP contribution in [0.3, 0.4) is 0 Å². The number of thiazole rings is 1. The summed E-state index contributed by atoms with van der Waals surface area (Å²) >= 11 is 1.51. The van der Waals surface area contributed by atoms with Gasteiger partial charge in [-0.05, 0) is 31.7 Å². The zero-order valence-corrected chi connectivity index (χ0v) is 15.0. The quantitative estimate of drug-likeness (QED) is 0.721. The Morgan fingerprint density at radius 2 is 2.04 bits per heavy atom. The van der Waals surface area contributed by atoms with Gasteiger partial charge < -0.3 is 9.84 Å². The maximum absolute atomic E-state index is 12.9. The number of nitrogens with one attached hydrogen (secondary N) is 1. The molecule has 8 heteroatoms. The summed E-state index contributed by atoms with van der Waals surface area (Å²) in [6, 6.07) is 6.73. The molecule has 0 aliphatic carbocycles. The van der Waals surface area contributed by atoms with Gasteiger partial charge in [0, 0.05) is 18.9 Å². The molecule has 0 aliphatic rings. The molecule has 0 spiro atoms. The first-order chi connectivity index (χ1) is 11.1. The molecule has 0 amide bonds. The normalized spacial score (nSPS) is 12.0. The van der Waals surface area contributed by atoms with Crippen LogP contribution in [-0.2, 0) is 12.8 Å². The minimum Gasteiger partial charge on any atom is -0.333 e. The molecular formula is C16H18ClFN4OS. The lowest BCUT2D eigenvalue weighted by atomic mass is 10.2. The van der Waals surface area contributed by atoms with E-state index in [1.807, 2.05) is 7.05 Å². The lowest BCUT2D eigenvalue weighted by Gasteiger charge is -2.04. The van der Waals surface area contributed by atoms with E-state index in [9.17, 15) is 4.39 Å². The lowest BCUT2D eigenvalue weighted by molar-refractivity contribution is 0.419. The standard InChI is InChI=1S/C16H17FN4OS.ClH/c1-10(18-2)7-14-20-16(22-21-14)13-9-19-15(23-13)8-11-3-5-12(17)6-4-11;/h3-6,9-10,18H,7-8H2,1-2H3;1H. The molecule has 2 heterocycles. The third-order valence-electron chi connectivity index (χ3n) is 3.48. The van der Waals surface area contributed by atoms with Gasteiger partial charge in [0.15, 0.2) is 5.82 Å². The Morgan fingerprint density at radius 3 is 2.75 bits per heavy atom. The van der Waals surface area contributed by atoms with Crippen LogP contribution < -0.4 is 5.32 Å². The van der Waals surface area contributed by atoms with Crippen molar-refractivity contribution in [2.45, 2.75) is 25.8 Å². The van der Waals surface area contributed by atoms with Crippen LogP contribution in [-0.4, -0.2) is 28.2 Å². The van der Waals surface area contributed by atoms with E-state index in [1.54, 1.807) is 18.3 Å². The molecule has 24 heavy (non-hydrogen) atoms. The van der Waals surface area contributed by atoms with E-state index in [0.29, 0.717) is 24.6 Å². The van der Waals surface area contributed by atoms with Gasteiger partial charge in [0.1, 0.15) is 10.7 Å². The predicted octanol–water partition coefficient (Wildman–Crippen LogP) is 3.50. The van der Waals surface area contributed by atoms with E-state index in [-0.39, 0.29) is 24.3 Å². The van der Waals surface area contributed by atoms with Crippen molar-refractivity contribution in [3.8, 4) is 10.8 Å². The van der Waals surface area contributed by atoms with Crippen molar-refractivity contribution in [3.05, 3.63) is 52.7 Å². The first-order valence-corrected chi connectivity index (χ1v) is 8.15. The number of nitrogens with zero attached hydrogens (tertiary/aromatic N) is 3. The third kappa shape index (κ3) is 4.59. The summed E-state index contributed by atoms with van der Waals surface area (Å²) in [7, 11) is 1.90. The monoisotopic (exact) mass is 368 g/mol. The highest BCUT2D eigenvalue weighted by Crippen LogP contribution is 2.26. The molecule has 0 fully saturated rings. The van der Waals surface area contributed by atoms with Gasteiger partial charge in [-0.25, -0.2) is 9.37 Å². The molecule has 128 valence electrons. The zero-order valence-electron chi connectivity index (χ0n) is 13.3. The smallest absolute Gasteiger partial charge is 0.269 e. The van der Waals surface area contributed by atoms with Crippen molar-refractivity contribution in [2.24, 2.45) is 0 Å². The predicted molar refractivity (Wildman–Crippen MR) is 94.1 cm³/mol. The lowest BCUT2D eigenvalue weighted by Crippen LogP contribution is -2.24. The number of benzene rings is 1. The van der Waals surface area contributed by atoms with Crippen LogP contribution in [0.1, 0.15) is 23.3 Å². The van der Waals surface area contributed by atoms with Gasteiger partial charge in [0.2, 0.25) is 0 Å². The van der Waals surface area contributed by atoms with Gasteiger partial charge in [0.05, 0.1) is 11.2 Å². The van der Waals surface area contributed by atoms with Crippen LogP contribution in [0.5, 0.6) is 0 Å². The Balaban J connectivity index is 0.00000208. The second-order valence-corrected chi connectivity index (χ2v) is 6.45. The summed E-state index contributed by atoms with van der Waals surface area (Å²) in [5, 5.41) is 8.06. The number of hydrogen-bond acceptors (Lipinski definition) is 6. The van der Waals surface area contributed by atoms with Crippen LogP contribution in [0.2, 0.25) is 0 Å². The number of hydrogen-bond donors (Lipinski definition) is 1. The van der Waals surface area contributed by atoms with E-state index in [0.717, 1.165) is 15.4 Å². The Bertz CT molecular complexity index is 774. The van der Waals surface area contributed by atoms with Gasteiger partial charge in [-0.3, -0.25) is 0 Å². The molecule has 1 unspecified atom stereocenters. The molecule has 0 saturated heterocycles. The van der Waals surface area contributed by atoms with Crippen LogP contribution in [0.4, 0.5) is 4.39 Å². The Kier molecular flexibility index (Phi) is 6.42. The molecule has 2 aromatic heterocycles. The Labute approximate surface area is 149 Å². The average molecular weight is 369 g/mol. The molecular weight excluding hydrogens is 351 g/mol. The van der Waals surface area contributed by atoms with Crippen LogP contribution in [0.25, 0.3) is 10.8 Å². The highest BCUT2D eigenvalue weighted by atomic mass is 35.5. The fourth-order valence-corrected chi connectivity index (χ4v) is 2.95. The molecule has 1 N–H and O–H groups in total. The van der Waals surface area contributed by atoms with E-state index >= 15 is 0 Å². The third-order valence-corrected chi connectivity index (χ3v) is 4.47. The van der Waals surface area contributed by atoms with Gasteiger partial charge in [0.25, 0.3) is 5.89 Å². The summed E-state index contributed by atoms with van der Waals surface area (Å²) in [4.78, 5) is 9.63. The largest absolute Gasteiger partial charge is 0.333 e. The maximum Gasteiger partial charge on any atom is 0.269 e. The summed E-state index contributed by atoms with van der Waals surface area (Å²) in [6.45, 7) is 2.06. The van der Waals surface area contributed by atoms with E-state index < -0.39 is 0 Å². The minimum atomic E-state index is -0.234. The number of rotatable bonds is 6. The van der Waals surface area contributed by atoms with Crippen molar-refractivity contribution >= 4 is 23.7 Å². The van der Waals surface area contributed by atoms with Crippen LogP contribution in [0.15, 0.2) is 35.0 Å². The first-order valence-electron chi connectivity index (χ1n) is 7.33. The molecule has 3 aromatic rings. The summed E-state index contributed by atoms with van der Waals surface area (Å²) in [5.74, 6) is 0.934. The topological polar surface area (TPSA) is 63.8 Å². The van der Waals surface area contributed by atoms with Crippen molar-refractivity contribution < 1.29 is 8.91 Å². The van der Waals surface area contributed by atoms with E-state index in [2.05, 4.69) is 27.4 Å². The second kappa shape index (κ2) is 8.32. The molecule has 3 rings (SSSR count). The van der Waals surface area contributed by atoms with Crippen molar-refractivity contribution in [2.75, 3.05) is 7.05 Å². The minimum absolute atomic E-state index is 0. The van der Waals surface area contributed by atoms with Gasteiger partial charge in [-0.15, -0.1) is 23.7 Å². The first kappa shape index (κ1) is 18.5. The van der Waals surface area contributed by atoms with E-state index in [4.69, 9.17) is 4.52 Å². The van der Waals surface area contributed by atoms with Crippen molar-refractivity contribution in [3.63, 3.8) is 0 Å². The van der Waals surface area contributed by atoms with Crippen molar-refractivity contribution in [1.29, 1.82) is 0 Å². The molecule has 0 bridgehead atoms. The van der Waals surface area contributed by atoms with Gasteiger partial charge in [-0.2, -0.15) is 4.98 Å².